The largest absolute Gasteiger partial charge is 0.573 e. The Kier molecular flexibility index (Phi) is 8.88. The van der Waals surface area contributed by atoms with Crippen molar-refractivity contribution >= 4 is 5.57 Å². The van der Waals surface area contributed by atoms with Crippen LogP contribution in [-0.2, 0) is 0 Å². The highest BCUT2D eigenvalue weighted by molar-refractivity contribution is 5.67. The summed E-state index contributed by atoms with van der Waals surface area (Å²) in [5, 5.41) is 0. The molecule has 0 spiro atoms. The third-order valence-corrected chi connectivity index (χ3v) is 6.78. The van der Waals surface area contributed by atoms with E-state index in [1.807, 2.05) is 18.2 Å². The van der Waals surface area contributed by atoms with Crippen molar-refractivity contribution in [3.8, 4) is 5.75 Å². The molecule has 1 atom stereocenters. The maximum Gasteiger partial charge on any atom is 0.573 e. The van der Waals surface area contributed by atoms with Gasteiger partial charge in [-0.15, -0.1) is 13.2 Å². The molecule has 0 bridgehead atoms. The van der Waals surface area contributed by atoms with E-state index in [1.54, 1.807) is 0 Å². The molecule has 2 aliphatic rings. The summed E-state index contributed by atoms with van der Waals surface area (Å²) in [7, 11) is 0. The van der Waals surface area contributed by atoms with Gasteiger partial charge in [0.25, 0.3) is 0 Å². The highest BCUT2D eigenvalue weighted by Crippen LogP contribution is 2.42. The van der Waals surface area contributed by atoms with Gasteiger partial charge in [-0.1, -0.05) is 18.2 Å². The van der Waals surface area contributed by atoms with Gasteiger partial charge in [0, 0.05) is 6.42 Å². The minimum Gasteiger partial charge on any atom is -0.399 e. The summed E-state index contributed by atoms with van der Waals surface area (Å²) in [6.45, 7) is 0. The van der Waals surface area contributed by atoms with Crippen molar-refractivity contribution in [1.29, 1.82) is 0 Å². The Morgan fingerprint density at radius 3 is 2.15 bits per heavy atom. The van der Waals surface area contributed by atoms with Crippen LogP contribution >= 0.6 is 0 Å². The average molecular weight is 478 g/mol. The first-order chi connectivity index (χ1) is 15.6. The first-order valence-electron chi connectivity index (χ1n) is 11.5. The van der Waals surface area contributed by atoms with Crippen molar-refractivity contribution in [3.05, 3.63) is 47.6 Å². The van der Waals surface area contributed by atoms with Crippen molar-refractivity contribution in [2.24, 2.45) is 17.8 Å². The second kappa shape index (κ2) is 11.4. The number of allylic oxidation sites excluding steroid dienone is 4. The predicted octanol–water partition coefficient (Wildman–Crippen LogP) is 8.84. The zero-order valence-corrected chi connectivity index (χ0v) is 18.3. The Morgan fingerprint density at radius 2 is 1.61 bits per heavy atom. The fourth-order valence-corrected chi connectivity index (χ4v) is 5.03. The van der Waals surface area contributed by atoms with E-state index in [4.69, 9.17) is 0 Å². The molecule has 0 saturated heterocycles. The lowest BCUT2D eigenvalue weighted by Crippen LogP contribution is -2.23. The molecule has 1 aromatic rings. The van der Waals surface area contributed by atoms with Gasteiger partial charge in [-0.05, 0) is 98.8 Å². The van der Waals surface area contributed by atoms with E-state index < -0.39 is 30.2 Å². The van der Waals surface area contributed by atoms with Crippen LogP contribution in [0.4, 0.5) is 30.7 Å². The summed E-state index contributed by atoms with van der Waals surface area (Å²) in [4.78, 5) is 0. The molecule has 1 saturated carbocycles. The number of alkyl halides is 5. The Labute approximate surface area is 189 Å². The molecular weight excluding hydrogens is 449 g/mol. The number of hydrogen-bond acceptors (Lipinski definition) is 1. The number of rotatable bonds is 8. The lowest BCUT2D eigenvalue weighted by atomic mass is 9.70. The fourth-order valence-electron chi connectivity index (χ4n) is 5.03. The topological polar surface area (TPSA) is 9.23 Å². The van der Waals surface area contributed by atoms with Crippen LogP contribution in [0.2, 0.25) is 0 Å². The summed E-state index contributed by atoms with van der Waals surface area (Å²) >= 11 is 0. The minimum atomic E-state index is -5.16. The summed E-state index contributed by atoms with van der Waals surface area (Å²) in [5.74, 6) is -2.51. The van der Waals surface area contributed by atoms with Crippen LogP contribution in [0.25, 0.3) is 5.57 Å². The second-order valence-electron chi connectivity index (χ2n) is 9.04. The average Bonchev–Trinajstić information content (AvgIpc) is 2.76. The summed E-state index contributed by atoms with van der Waals surface area (Å²) in [6, 6.07) is 1.80. The monoisotopic (exact) mass is 478 g/mol. The van der Waals surface area contributed by atoms with E-state index >= 15 is 0 Å². The molecule has 2 aliphatic carbocycles. The molecular formula is C25H29F7O. The standard InChI is InChI=1S/C25H29F7O/c26-21-14-20(15-22(27)24(21)33-25(30,31)32)19-12-10-18(11-13-19)17-8-6-16(7-9-17)4-2-1-3-5-23(28)29/h1-2,12,14-18,23H,3-11,13H2/b2-1+/t16-,17-,18?. The second-order valence-corrected chi connectivity index (χ2v) is 9.04. The smallest absolute Gasteiger partial charge is 0.399 e. The molecule has 1 nitrogen and oxygen atoms in total. The van der Waals surface area contributed by atoms with Gasteiger partial charge >= 0.3 is 6.36 Å². The minimum absolute atomic E-state index is 0.0921. The van der Waals surface area contributed by atoms with Crippen LogP contribution in [-0.4, -0.2) is 12.8 Å². The van der Waals surface area contributed by atoms with Gasteiger partial charge in [0.05, 0.1) is 0 Å². The fraction of sp³-hybridized carbons (Fsp3) is 0.600. The number of hydrogen-bond donors (Lipinski definition) is 0. The lowest BCUT2D eigenvalue weighted by molar-refractivity contribution is -0.276. The number of ether oxygens (including phenoxy) is 1. The van der Waals surface area contributed by atoms with Gasteiger partial charge in [-0.3, -0.25) is 0 Å². The van der Waals surface area contributed by atoms with Crippen LogP contribution < -0.4 is 4.74 Å². The lowest BCUT2D eigenvalue weighted by Gasteiger charge is -2.35. The molecule has 0 amide bonds. The summed E-state index contributed by atoms with van der Waals surface area (Å²) < 4.78 is 92.8. The Balaban J connectivity index is 1.49. The van der Waals surface area contributed by atoms with E-state index in [2.05, 4.69) is 4.74 Å². The quantitative estimate of drug-likeness (QED) is 0.268. The van der Waals surface area contributed by atoms with Crippen LogP contribution in [0.1, 0.15) is 69.8 Å². The first kappa shape index (κ1) is 25.6. The third kappa shape index (κ3) is 7.78. The van der Waals surface area contributed by atoms with Gasteiger partial charge in [-0.25, -0.2) is 17.6 Å². The van der Waals surface area contributed by atoms with Gasteiger partial charge in [0.2, 0.25) is 12.2 Å². The van der Waals surface area contributed by atoms with Crippen molar-refractivity contribution < 1.29 is 35.5 Å². The highest BCUT2D eigenvalue weighted by Gasteiger charge is 2.34. The first-order valence-corrected chi connectivity index (χ1v) is 11.5. The van der Waals surface area contributed by atoms with Crippen molar-refractivity contribution in [1.82, 2.24) is 0 Å². The zero-order chi connectivity index (χ0) is 24.0. The SMILES string of the molecule is Fc1cc(C2=CCC([C@H]3CC[C@H](C/C=C/CCC(F)F)CC3)CC2)cc(F)c1OC(F)(F)F. The summed E-state index contributed by atoms with van der Waals surface area (Å²) in [6.07, 6.45) is 6.35. The van der Waals surface area contributed by atoms with E-state index in [1.165, 1.54) is 0 Å². The predicted molar refractivity (Wildman–Crippen MR) is 113 cm³/mol. The van der Waals surface area contributed by atoms with E-state index in [9.17, 15) is 30.7 Å². The Hall–Kier alpha value is -1.99. The Morgan fingerprint density at radius 1 is 0.939 bits per heavy atom. The molecule has 8 heteroatoms. The maximum absolute atomic E-state index is 14.0. The Bertz CT molecular complexity index is 813. The molecule has 184 valence electrons. The number of halogens is 7. The molecule has 33 heavy (non-hydrogen) atoms. The van der Waals surface area contributed by atoms with Crippen molar-refractivity contribution in [3.63, 3.8) is 0 Å². The van der Waals surface area contributed by atoms with E-state index in [0.717, 1.165) is 62.7 Å². The zero-order valence-electron chi connectivity index (χ0n) is 18.3. The highest BCUT2D eigenvalue weighted by atomic mass is 19.4. The molecule has 0 aliphatic heterocycles. The number of benzene rings is 1. The molecule has 0 heterocycles. The molecule has 1 aromatic carbocycles. The van der Waals surface area contributed by atoms with Gasteiger partial charge in [-0.2, -0.15) is 0 Å². The third-order valence-electron chi connectivity index (χ3n) is 6.78. The van der Waals surface area contributed by atoms with Gasteiger partial charge in [0.1, 0.15) is 0 Å². The van der Waals surface area contributed by atoms with E-state index in [0.29, 0.717) is 30.6 Å². The van der Waals surface area contributed by atoms with Crippen LogP contribution in [0.3, 0.4) is 0 Å². The van der Waals surface area contributed by atoms with Crippen molar-refractivity contribution in [2.45, 2.75) is 77.0 Å². The van der Waals surface area contributed by atoms with Crippen LogP contribution in [0.15, 0.2) is 30.4 Å². The molecule has 0 N–H and O–H groups in total. The molecule has 3 rings (SSSR count). The van der Waals surface area contributed by atoms with Gasteiger partial charge in [0.15, 0.2) is 11.6 Å². The summed E-state index contributed by atoms with van der Waals surface area (Å²) in [5.41, 5.74) is 0.991. The van der Waals surface area contributed by atoms with E-state index in [-0.39, 0.29) is 12.0 Å². The molecule has 1 fully saturated rings. The molecule has 1 unspecified atom stereocenters. The maximum atomic E-state index is 14.0. The molecule has 0 aromatic heterocycles. The molecule has 0 radical (unpaired) electrons. The van der Waals surface area contributed by atoms with Gasteiger partial charge < -0.3 is 4.74 Å². The van der Waals surface area contributed by atoms with Crippen molar-refractivity contribution in [2.75, 3.05) is 0 Å². The van der Waals surface area contributed by atoms with Crippen LogP contribution in [0.5, 0.6) is 5.75 Å². The van der Waals surface area contributed by atoms with Crippen LogP contribution in [0, 0.1) is 29.4 Å². The normalized spacial score (nSPS) is 24.4.